The molecule has 21 heavy (non-hydrogen) atoms. The van der Waals surface area contributed by atoms with E-state index in [4.69, 9.17) is 0 Å². The number of urea groups is 1. The van der Waals surface area contributed by atoms with Gasteiger partial charge < -0.3 is 10.6 Å². The van der Waals surface area contributed by atoms with Crippen molar-refractivity contribution >= 4 is 11.7 Å². The minimum atomic E-state index is -0.138. The average Bonchev–Trinajstić information content (AvgIpc) is 3.30. The lowest BCUT2D eigenvalue weighted by Crippen LogP contribution is -2.35. The topological polar surface area (TPSA) is 41.1 Å². The summed E-state index contributed by atoms with van der Waals surface area (Å²) in [5, 5.41) is 5.87. The highest BCUT2D eigenvalue weighted by atomic mass is 16.2. The van der Waals surface area contributed by atoms with E-state index in [2.05, 4.69) is 34.9 Å². The first-order valence-electron chi connectivity index (χ1n) is 7.35. The van der Waals surface area contributed by atoms with Gasteiger partial charge in [-0.25, -0.2) is 4.79 Å². The van der Waals surface area contributed by atoms with Crippen molar-refractivity contribution in [2.24, 2.45) is 0 Å². The van der Waals surface area contributed by atoms with Gasteiger partial charge in [0.2, 0.25) is 0 Å². The number of carbonyl (C=O) groups excluding carboxylic acids is 1. The molecule has 3 nitrogen and oxygen atoms in total. The number of benzene rings is 2. The highest BCUT2D eigenvalue weighted by molar-refractivity contribution is 5.89. The molecule has 2 aromatic carbocycles. The van der Waals surface area contributed by atoms with Crippen LogP contribution in [0.5, 0.6) is 0 Å². The summed E-state index contributed by atoms with van der Waals surface area (Å²) in [6.45, 7) is 2.72. The fourth-order valence-corrected chi connectivity index (χ4v) is 2.57. The molecule has 108 valence electrons. The van der Waals surface area contributed by atoms with Crippen molar-refractivity contribution in [1.29, 1.82) is 0 Å². The predicted octanol–water partition coefficient (Wildman–Crippen LogP) is 3.85. The molecule has 2 aromatic rings. The Morgan fingerprint density at radius 3 is 2.33 bits per heavy atom. The van der Waals surface area contributed by atoms with E-state index < -0.39 is 0 Å². The molecule has 3 rings (SSSR count). The third-order valence-corrected chi connectivity index (χ3v) is 4.14. The third-order valence-electron chi connectivity index (χ3n) is 4.14. The standard InChI is InChI=1S/C18H20N2O/c1-14-7-9-16(10-8-14)20-17(21)19-13-18(11-12-18)15-5-3-2-4-6-15/h2-10H,11-13H2,1H3,(H2,19,20,21). The molecule has 1 fully saturated rings. The second-order valence-electron chi connectivity index (χ2n) is 5.82. The van der Waals surface area contributed by atoms with Crippen molar-refractivity contribution < 1.29 is 4.79 Å². The molecule has 0 unspecified atom stereocenters. The van der Waals surface area contributed by atoms with Gasteiger partial charge in [-0.15, -0.1) is 0 Å². The van der Waals surface area contributed by atoms with Crippen LogP contribution < -0.4 is 10.6 Å². The largest absolute Gasteiger partial charge is 0.337 e. The fourth-order valence-electron chi connectivity index (χ4n) is 2.57. The van der Waals surface area contributed by atoms with Crippen LogP contribution in [0.25, 0.3) is 0 Å². The second-order valence-corrected chi connectivity index (χ2v) is 5.82. The fraction of sp³-hybridized carbons (Fsp3) is 0.278. The van der Waals surface area contributed by atoms with Crippen LogP contribution in [0.1, 0.15) is 24.0 Å². The Kier molecular flexibility index (Phi) is 3.65. The van der Waals surface area contributed by atoms with Gasteiger partial charge in [0, 0.05) is 17.6 Å². The van der Waals surface area contributed by atoms with E-state index in [0.717, 1.165) is 18.5 Å². The van der Waals surface area contributed by atoms with Crippen LogP contribution in [-0.2, 0) is 5.41 Å². The zero-order valence-electron chi connectivity index (χ0n) is 12.2. The summed E-state index contributed by atoms with van der Waals surface area (Å²) in [5.74, 6) is 0. The van der Waals surface area contributed by atoms with Crippen molar-refractivity contribution in [3.8, 4) is 0 Å². The van der Waals surface area contributed by atoms with Crippen LogP contribution in [-0.4, -0.2) is 12.6 Å². The van der Waals surface area contributed by atoms with E-state index in [0.29, 0.717) is 6.54 Å². The molecule has 2 N–H and O–H groups in total. The Morgan fingerprint density at radius 2 is 1.71 bits per heavy atom. The van der Waals surface area contributed by atoms with Gasteiger partial charge in [0.25, 0.3) is 0 Å². The molecule has 1 aliphatic rings. The number of aryl methyl sites for hydroxylation is 1. The van der Waals surface area contributed by atoms with Crippen LogP contribution in [0.4, 0.5) is 10.5 Å². The summed E-state index contributed by atoms with van der Waals surface area (Å²) in [6, 6.07) is 18.1. The first kappa shape index (κ1) is 13.7. The number of carbonyl (C=O) groups is 1. The molecule has 0 aromatic heterocycles. The lowest BCUT2D eigenvalue weighted by molar-refractivity contribution is 0.251. The molecule has 0 heterocycles. The Morgan fingerprint density at radius 1 is 1.05 bits per heavy atom. The maximum atomic E-state index is 12.0. The average molecular weight is 280 g/mol. The molecular weight excluding hydrogens is 260 g/mol. The van der Waals surface area contributed by atoms with Gasteiger partial charge in [-0.05, 0) is 37.5 Å². The summed E-state index contributed by atoms with van der Waals surface area (Å²) >= 11 is 0. The number of rotatable bonds is 4. The van der Waals surface area contributed by atoms with Crippen LogP contribution in [0.2, 0.25) is 0 Å². The summed E-state index contributed by atoms with van der Waals surface area (Å²) in [6.07, 6.45) is 2.28. The van der Waals surface area contributed by atoms with Gasteiger partial charge in [-0.2, -0.15) is 0 Å². The molecule has 0 aliphatic heterocycles. The smallest absolute Gasteiger partial charge is 0.319 e. The van der Waals surface area contributed by atoms with Gasteiger partial charge in [0.15, 0.2) is 0 Å². The first-order valence-corrected chi connectivity index (χ1v) is 7.35. The zero-order valence-corrected chi connectivity index (χ0v) is 12.2. The Labute approximate surface area is 125 Å². The Balaban J connectivity index is 1.56. The quantitative estimate of drug-likeness (QED) is 0.877. The van der Waals surface area contributed by atoms with Crippen molar-refractivity contribution in [1.82, 2.24) is 5.32 Å². The molecule has 1 saturated carbocycles. The van der Waals surface area contributed by atoms with Gasteiger partial charge in [0.05, 0.1) is 0 Å². The lowest BCUT2D eigenvalue weighted by atomic mass is 9.96. The molecular formula is C18H20N2O. The van der Waals surface area contributed by atoms with E-state index in [1.54, 1.807) is 0 Å². The maximum absolute atomic E-state index is 12.0. The number of amides is 2. The van der Waals surface area contributed by atoms with E-state index in [1.807, 2.05) is 37.3 Å². The van der Waals surface area contributed by atoms with Gasteiger partial charge in [0.1, 0.15) is 0 Å². The molecule has 0 saturated heterocycles. The molecule has 0 radical (unpaired) electrons. The van der Waals surface area contributed by atoms with Gasteiger partial charge >= 0.3 is 6.03 Å². The van der Waals surface area contributed by atoms with E-state index in [9.17, 15) is 4.79 Å². The Hall–Kier alpha value is -2.29. The second kappa shape index (κ2) is 5.60. The molecule has 2 amide bonds. The number of anilines is 1. The lowest BCUT2D eigenvalue weighted by Gasteiger charge is -2.17. The number of hydrogen-bond donors (Lipinski definition) is 2. The molecule has 1 aliphatic carbocycles. The highest BCUT2D eigenvalue weighted by Gasteiger charge is 2.44. The van der Waals surface area contributed by atoms with Crippen molar-refractivity contribution in [2.45, 2.75) is 25.2 Å². The number of hydrogen-bond acceptors (Lipinski definition) is 1. The summed E-state index contributed by atoms with van der Waals surface area (Å²) in [5.41, 5.74) is 3.47. The molecule has 0 bridgehead atoms. The first-order chi connectivity index (χ1) is 10.2. The monoisotopic (exact) mass is 280 g/mol. The summed E-state index contributed by atoms with van der Waals surface area (Å²) < 4.78 is 0. The van der Waals surface area contributed by atoms with E-state index >= 15 is 0 Å². The molecule has 3 heteroatoms. The predicted molar refractivity (Wildman–Crippen MR) is 85.6 cm³/mol. The van der Waals surface area contributed by atoms with Crippen LogP contribution in [0, 0.1) is 6.92 Å². The number of nitrogens with one attached hydrogen (secondary N) is 2. The van der Waals surface area contributed by atoms with E-state index in [1.165, 1.54) is 11.1 Å². The van der Waals surface area contributed by atoms with Crippen molar-refractivity contribution in [3.63, 3.8) is 0 Å². The molecule has 0 spiro atoms. The van der Waals surface area contributed by atoms with Gasteiger partial charge in [-0.1, -0.05) is 48.0 Å². The van der Waals surface area contributed by atoms with Crippen molar-refractivity contribution in [3.05, 3.63) is 65.7 Å². The SMILES string of the molecule is Cc1ccc(NC(=O)NCC2(c3ccccc3)CC2)cc1. The third kappa shape index (κ3) is 3.24. The summed E-state index contributed by atoms with van der Waals surface area (Å²) in [7, 11) is 0. The normalized spacial score (nSPS) is 15.3. The minimum absolute atomic E-state index is 0.138. The maximum Gasteiger partial charge on any atom is 0.319 e. The van der Waals surface area contributed by atoms with Crippen LogP contribution in [0.15, 0.2) is 54.6 Å². The zero-order chi connectivity index (χ0) is 14.7. The van der Waals surface area contributed by atoms with Crippen LogP contribution >= 0.6 is 0 Å². The van der Waals surface area contributed by atoms with Gasteiger partial charge in [-0.3, -0.25) is 0 Å². The summed E-state index contributed by atoms with van der Waals surface area (Å²) in [4.78, 5) is 12.0. The molecule has 0 atom stereocenters. The van der Waals surface area contributed by atoms with E-state index in [-0.39, 0.29) is 11.4 Å². The van der Waals surface area contributed by atoms with Crippen molar-refractivity contribution in [2.75, 3.05) is 11.9 Å². The van der Waals surface area contributed by atoms with Crippen LogP contribution in [0.3, 0.4) is 0 Å². The highest BCUT2D eigenvalue weighted by Crippen LogP contribution is 2.47. The Bertz CT molecular complexity index is 615. The minimum Gasteiger partial charge on any atom is -0.337 e.